The lowest BCUT2D eigenvalue weighted by atomic mass is 10.2. The fourth-order valence-corrected chi connectivity index (χ4v) is 2.41. The van der Waals surface area contributed by atoms with Gasteiger partial charge >= 0.3 is 0 Å². The lowest BCUT2D eigenvalue weighted by molar-refractivity contribution is 0.108. The zero-order valence-corrected chi connectivity index (χ0v) is 11.9. The number of imidazole rings is 1. The molecule has 2 heterocycles. The maximum absolute atomic E-state index is 5.52. The summed E-state index contributed by atoms with van der Waals surface area (Å²) in [4.78, 5) is 5.58. The number of hydrogen-bond donors (Lipinski definition) is 1. The molecule has 1 N–H and O–H groups in total. The number of rotatable bonds is 8. The molecule has 0 radical (unpaired) electrons. The molecular weight excluding hydrogens is 246 g/mol. The fraction of sp³-hybridized carbons (Fsp3) is 0.615. The van der Waals surface area contributed by atoms with Crippen molar-refractivity contribution in [1.29, 1.82) is 0 Å². The molecule has 100 valence electrons. The van der Waals surface area contributed by atoms with Gasteiger partial charge in [-0.05, 0) is 18.9 Å². The second-order valence-corrected chi connectivity index (χ2v) is 5.70. The molecule has 0 spiro atoms. The Morgan fingerprint density at radius 2 is 2.39 bits per heavy atom. The van der Waals surface area contributed by atoms with E-state index in [4.69, 9.17) is 4.74 Å². The lowest BCUT2D eigenvalue weighted by Gasteiger charge is -2.06. The van der Waals surface area contributed by atoms with Crippen LogP contribution in [0.15, 0.2) is 17.8 Å². The number of nitrogens with one attached hydrogen (secondary N) is 1. The van der Waals surface area contributed by atoms with Gasteiger partial charge in [0.15, 0.2) is 4.96 Å². The maximum Gasteiger partial charge on any atom is 0.193 e. The molecule has 0 aromatic carbocycles. The van der Waals surface area contributed by atoms with Crippen molar-refractivity contribution in [2.45, 2.75) is 26.8 Å². The van der Waals surface area contributed by atoms with Gasteiger partial charge in [0.1, 0.15) is 0 Å². The van der Waals surface area contributed by atoms with Crippen LogP contribution in [0, 0.1) is 5.92 Å². The summed E-state index contributed by atoms with van der Waals surface area (Å²) >= 11 is 1.67. The summed E-state index contributed by atoms with van der Waals surface area (Å²) in [6.45, 7) is 7.84. The van der Waals surface area contributed by atoms with Crippen molar-refractivity contribution < 1.29 is 4.74 Å². The van der Waals surface area contributed by atoms with Crippen molar-refractivity contribution in [2.75, 3.05) is 19.8 Å². The highest BCUT2D eigenvalue weighted by atomic mass is 32.1. The second-order valence-electron chi connectivity index (χ2n) is 4.82. The van der Waals surface area contributed by atoms with Gasteiger partial charge in [-0.2, -0.15) is 0 Å². The third-order valence-electron chi connectivity index (χ3n) is 2.54. The van der Waals surface area contributed by atoms with E-state index in [9.17, 15) is 0 Å². The van der Waals surface area contributed by atoms with Crippen LogP contribution in [-0.2, 0) is 11.3 Å². The third-order valence-corrected chi connectivity index (χ3v) is 3.31. The van der Waals surface area contributed by atoms with Gasteiger partial charge in [-0.25, -0.2) is 4.98 Å². The van der Waals surface area contributed by atoms with Gasteiger partial charge in [0.25, 0.3) is 0 Å². The van der Waals surface area contributed by atoms with Crippen molar-refractivity contribution >= 4 is 16.3 Å². The minimum Gasteiger partial charge on any atom is -0.381 e. The average molecular weight is 267 g/mol. The first kappa shape index (κ1) is 13.5. The number of fused-ring (bicyclic) bond motifs is 1. The molecule has 0 aliphatic carbocycles. The molecule has 2 rings (SSSR count). The quantitative estimate of drug-likeness (QED) is 0.747. The Morgan fingerprint density at radius 1 is 1.50 bits per heavy atom. The SMILES string of the molecule is CC(C)COCCCNCc1cn2ccsc2n1. The molecule has 4 nitrogen and oxygen atoms in total. The molecule has 0 bridgehead atoms. The molecule has 0 aliphatic heterocycles. The highest BCUT2D eigenvalue weighted by Crippen LogP contribution is 2.10. The van der Waals surface area contributed by atoms with Gasteiger partial charge in [0.2, 0.25) is 0 Å². The highest BCUT2D eigenvalue weighted by Gasteiger charge is 2.01. The zero-order valence-electron chi connectivity index (χ0n) is 11.1. The largest absolute Gasteiger partial charge is 0.381 e. The summed E-state index contributed by atoms with van der Waals surface area (Å²) < 4.78 is 7.59. The highest BCUT2D eigenvalue weighted by molar-refractivity contribution is 7.15. The number of aromatic nitrogens is 2. The Balaban J connectivity index is 1.57. The van der Waals surface area contributed by atoms with Gasteiger partial charge in [-0.1, -0.05) is 13.8 Å². The van der Waals surface area contributed by atoms with Gasteiger partial charge in [-0.15, -0.1) is 11.3 Å². The minimum absolute atomic E-state index is 0.622. The molecular formula is C13H21N3OS. The van der Waals surface area contributed by atoms with Crippen LogP contribution in [-0.4, -0.2) is 29.1 Å². The van der Waals surface area contributed by atoms with Crippen LogP contribution in [0.3, 0.4) is 0 Å². The molecule has 0 fully saturated rings. The maximum atomic E-state index is 5.52. The Morgan fingerprint density at radius 3 is 3.17 bits per heavy atom. The Bertz CT molecular complexity index is 435. The second kappa shape index (κ2) is 6.87. The lowest BCUT2D eigenvalue weighted by Crippen LogP contribution is -2.17. The molecule has 0 unspecified atom stereocenters. The molecule has 2 aromatic rings. The van der Waals surface area contributed by atoms with E-state index in [1.165, 1.54) is 0 Å². The van der Waals surface area contributed by atoms with Crippen molar-refractivity contribution in [2.24, 2.45) is 5.92 Å². The Kier molecular flexibility index (Phi) is 5.16. The smallest absolute Gasteiger partial charge is 0.193 e. The van der Waals surface area contributed by atoms with Crippen LogP contribution in [0.5, 0.6) is 0 Å². The predicted octanol–water partition coefficient (Wildman–Crippen LogP) is 2.55. The van der Waals surface area contributed by atoms with Gasteiger partial charge in [0, 0.05) is 37.5 Å². The van der Waals surface area contributed by atoms with Gasteiger partial charge in [0.05, 0.1) is 5.69 Å². The van der Waals surface area contributed by atoms with Crippen LogP contribution in [0.25, 0.3) is 4.96 Å². The summed E-state index contributed by atoms with van der Waals surface area (Å²) in [5.74, 6) is 0.622. The molecule has 0 aliphatic rings. The van der Waals surface area contributed by atoms with E-state index in [-0.39, 0.29) is 0 Å². The van der Waals surface area contributed by atoms with Crippen molar-refractivity contribution in [1.82, 2.24) is 14.7 Å². The van der Waals surface area contributed by atoms with Crippen LogP contribution in [0.1, 0.15) is 26.0 Å². The summed E-state index contributed by atoms with van der Waals surface area (Å²) in [5.41, 5.74) is 1.10. The summed E-state index contributed by atoms with van der Waals surface area (Å²) in [7, 11) is 0. The first-order valence-electron chi connectivity index (χ1n) is 6.45. The van der Waals surface area contributed by atoms with E-state index in [1.807, 2.05) is 11.6 Å². The normalized spacial score (nSPS) is 11.7. The number of nitrogens with zero attached hydrogens (tertiary/aromatic N) is 2. The average Bonchev–Trinajstić information content (AvgIpc) is 2.87. The standard InChI is InChI=1S/C13H21N3OS/c1-11(2)10-17-6-3-4-14-8-12-9-16-5-7-18-13(16)15-12/h5,7,9,11,14H,3-4,6,8,10H2,1-2H3. The monoisotopic (exact) mass is 267 g/mol. The van der Waals surface area contributed by atoms with E-state index >= 15 is 0 Å². The number of ether oxygens (including phenoxy) is 1. The van der Waals surface area contributed by atoms with Crippen molar-refractivity contribution in [3.05, 3.63) is 23.5 Å². The molecule has 18 heavy (non-hydrogen) atoms. The molecule has 0 amide bonds. The van der Waals surface area contributed by atoms with Crippen molar-refractivity contribution in [3.63, 3.8) is 0 Å². The first-order valence-corrected chi connectivity index (χ1v) is 7.33. The molecule has 0 saturated heterocycles. The van der Waals surface area contributed by atoms with E-state index in [1.54, 1.807) is 11.3 Å². The molecule has 0 saturated carbocycles. The van der Waals surface area contributed by atoms with Crippen LogP contribution < -0.4 is 5.32 Å². The van der Waals surface area contributed by atoms with E-state index in [0.717, 1.165) is 43.4 Å². The van der Waals surface area contributed by atoms with E-state index in [2.05, 4.69) is 34.7 Å². The topological polar surface area (TPSA) is 38.6 Å². The molecule has 2 aromatic heterocycles. The molecule has 5 heteroatoms. The number of hydrogen-bond acceptors (Lipinski definition) is 4. The number of thiazole rings is 1. The van der Waals surface area contributed by atoms with E-state index in [0.29, 0.717) is 5.92 Å². The zero-order chi connectivity index (χ0) is 12.8. The van der Waals surface area contributed by atoms with Crippen molar-refractivity contribution in [3.8, 4) is 0 Å². The minimum atomic E-state index is 0.622. The van der Waals surface area contributed by atoms with Crippen LogP contribution in [0.4, 0.5) is 0 Å². The summed E-state index contributed by atoms with van der Waals surface area (Å²) in [5, 5.41) is 5.44. The van der Waals surface area contributed by atoms with E-state index < -0.39 is 0 Å². The fourth-order valence-electron chi connectivity index (χ4n) is 1.70. The summed E-state index contributed by atoms with van der Waals surface area (Å²) in [6.07, 6.45) is 5.17. The Labute approximate surface area is 112 Å². The first-order chi connectivity index (χ1) is 8.75. The molecule has 0 atom stereocenters. The van der Waals surface area contributed by atoms with Gasteiger partial charge < -0.3 is 10.1 Å². The van der Waals surface area contributed by atoms with Gasteiger partial charge in [-0.3, -0.25) is 4.40 Å². The Hall–Kier alpha value is -0.910. The summed E-state index contributed by atoms with van der Waals surface area (Å²) in [6, 6.07) is 0. The van der Waals surface area contributed by atoms with Crippen LogP contribution >= 0.6 is 11.3 Å². The third kappa shape index (κ3) is 4.08. The predicted molar refractivity (Wildman–Crippen MR) is 75.0 cm³/mol. The van der Waals surface area contributed by atoms with Crippen LogP contribution in [0.2, 0.25) is 0 Å².